The van der Waals surface area contributed by atoms with Crippen molar-refractivity contribution in [1.29, 1.82) is 0 Å². The van der Waals surface area contributed by atoms with Crippen molar-refractivity contribution in [3.63, 3.8) is 0 Å². The normalized spacial score (nSPS) is 16.9. The van der Waals surface area contributed by atoms with Gasteiger partial charge in [0.25, 0.3) is 0 Å². The molecule has 0 aliphatic carbocycles. The summed E-state index contributed by atoms with van der Waals surface area (Å²) in [6, 6.07) is 17.0. The van der Waals surface area contributed by atoms with E-state index in [0.29, 0.717) is 56.0 Å². The number of nitrogens with zero attached hydrogens (tertiary/aromatic N) is 5. The number of hydrogen-bond donors (Lipinski definition) is 0. The molecule has 0 radical (unpaired) electrons. The fraction of sp³-hybridized carbons (Fsp3) is 0.333. The third-order valence-electron chi connectivity index (χ3n) is 7.91. The van der Waals surface area contributed by atoms with E-state index in [9.17, 15) is 9.59 Å². The average molecular weight is 572 g/mol. The Kier molecular flexibility index (Phi) is 6.94. The van der Waals surface area contributed by atoms with Gasteiger partial charge in [-0.1, -0.05) is 17.3 Å². The van der Waals surface area contributed by atoms with Crippen molar-refractivity contribution in [3.05, 3.63) is 82.4 Å². The molecule has 0 bridgehead atoms. The lowest BCUT2D eigenvalue weighted by atomic mass is 9.93. The van der Waals surface area contributed by atoms with Gasteiger partial charge < -0.3 is 28.6 Å². The maximum Gasteiger partial charge on any atom is 0.346 e. The van der Waals surface area contributed by atoms with Crippen LogP contribution in [0.3, 0.4) is 0 Å². The third kappa shape index (κ3) is 4.83. The molecule has 4 aromatic rings. The molecule has 216 valence electrons. The number of piperazine rings is 1. The summed E-state index contributed by atoms with van der Waals surface area (Å²) in [6.07, 6.45) is 0. The van der Waals surface area contributed by atoms with Crippen molar-refractivity contribution in [2.24, 2.45) is 0 Å². The number of aromatic nitrogens is 3. The maximum absolute atomic E-state index is 13.6. The minimum atomic E-state index is -0.489. The van der Waals surface area contributed by atoms with Gasteiger partial charge in [-0.3, -0.25) is 4.90 Å². The number of hydrogen-bond acceptors (Lipinski definition) is 10. The van der Waals surface area contributed by atoms with Gasteiger partial charge in [0.15, 0.2) is 13.6 Å². The minimum Gasteiger partial charge on any atom is -0.467 e. The molecule has 1 saturated heterocycles. The SMILES string of the molecule is COC(=O)c1ccc2nnn(C(=O)N3CCN(C(c4ccc5c(c4)COCO5)c4ccc5c(c4)COCO5)CC3)c2c1. The van der Waals surface area contributed by atoms with E-state index in [2.05, 4.69) is 39.5 Å². The number of fused-ring (bicyclic) bond motifs is 3. The first-order valence-electron chi connectivity index (χ1n) is 13.7. The standard InChI is InChI=1S/C30H29N5O7/c1-38-29(36)21-2-5-24-25(14-21)35(32-31-24)30(37)34-10-8-33(9-11-34)28(19-3-6-26-22(12-19)15-39-17-41-26)20-4-7-27-23(13-20)16-40-18-42-27/h2-7,12-14,28H,8-11,15-18H2,1H3. The van der Waals surface area contributed by atoms with Crippen molar-refractivity contribution in [2.45, 2.75) is 19.3 Å². The molecule has 12 heteroatoms. The van der Waals surface area contributed by atoms with Gasteiger partial charge in [-0.05, 0) is 53.6 Å². The van der Waals surface area contributed by atoms with Gasteiger partial charge in [0, 0.05) is 37.3 Å². The van der Waals surface area contributed by atoms with Crippen LogP contribution in [0.1, 0.15) is 38.7 Å². The van der Waals surface area contributed by atoms with E-state index in [-0.39, 0.29) is 25.7 Å². The molecular formula is C30H29N5O7. The second-order valence-corrected chi connectivity index (χ2v) is 10.4. The van der Waals surface area contributed by atoms with Crippen molar-refractivity contribution in [1.82, 2.24) is 24.8 Å². The van der Waals surface area contributed by atoms with Crippen LogP contribution in [0.5, 0.6) is 11.5 Å². The molecule has 12 nitrogen and oxygen atoms in total. The fourth-order valence-corrected chi connectivity index (χ4v) is 5.78. The summed E-state index contributed by atoms with van der Waals surface area (Å²) < 4.78 is 28.5. The second-order valence-electron chi connectivity index (χ2n) is 10.4. The van der Waals surface area contributed by atoms with Gasteiger partial charge >= 0.3 is 12.0 Å². The zero-order valence-electron chi connectivity index (χ0n) is 23.0. The van der Waals surface area contributed by atoms with Gasteiger partial charge in [0.1, 0.15) is 22.5 Å². The number of rotatable bonds is 4. The van der Waals surface area contributed by atoms with Crippen LogP contribution >= 0.6 is 0 Å². The predicted octanol–water partition coefficient (Wildman–Crippen LogP) is 3.33. The zero-order chi connectivity index (χ0) is 28.6. The largest absolute Gasteiger partial charge is 0.467 e. The summed E-state index contributed by atoms with van der Waals surface area (Å²) in [4.78, 5) is 29.7. The molecule has 1 amide bonds. The monoisotopic (exact) mass is 571 g/mol. The molecule has 42 heavy (non-hydrogen) atoms. The minimum absolute atomic E-state index is 0.0727. The van der Waals surface area contributed by atoms with E-state index >= 15 is 0 Å². The Balaban J connectivity index is 1.15. The highest BCUT2D eigenvalue weighted by Gasteiger charge is 2.31. The molecule has 0 saturated carbocycles. The van der Waals surface area contributed by atoms with Crippen LogP contribution < -0.4 is 9.47 Å². The Morgan fingerprint density at radius 2 is 1.48 bits per heavy atom. The first-order chi connectivity index (χ1) is 20.6. The van der Waals surface area contributed by atoms with Gasteiger partial charge in [-0.15, -0.1) is 5.10 Å². The Bertz CT molecular complexity index is 1600. The van der Waals surface area contributed by atoms with E-state index < -0.39 is 5.97 Å². The van der Waals surface area contributed by atoms with Gasteiger partial charge in [-0.2, -0.15) is 4.68 Å². The first-order valence-corrected chi connectivity index (χ1v) is 13.7. The molecule has 1 fully saturated rings. The Hall–Kier alpha value is -4.52. The summed E-state index contributed by atoms with van der Waals surface area (Å²) in [5, 5.41) is 8.21. The van der Waals surface area contributed by atoms with Gasteiger partial charge in [-0.25, -0.2) is 9.59 Å². The second kappa shape index (κ2) is 11.0. The molecule has 0 N–H and O–H groups in total. The summed E-state index contributed by atoms with van der Waals surface area (Å²) in [5.41, 5.74) is 5.54. The van der Waals surface area contributed by atoms with Gasteiger partial charge in [0.2, 0.25) is 0 Å². The molecule has 0 atom stereocenters. The van der Waals surface area contributed by atoms with Crippen LogP contribution in [-0.4, -0.2) is 83.7 Å². The molecule has 4 heterocycles. The predicted molar refractivity (Wildman–Crippen MR) is 148 cm³/mol. The number of carbonyl (C=O) groups excluding carboxylic acids is 2. The maximum atomic E-state index is 13.6. The summed E-state index contributed by atoms with van der Waals surface area (Å²) >= 11 is 0. The molecule has 3 aliphatic heterocycles. The fourth-order valence-electron chi connectivity index (χ4n) is 5.78. The first kappa shape index (κ1) is 26.4. The number of benzene rings is 3. The summed E-state index contributed by atoms with van der Waals surface area (Å²) in [5.74, 6) is 1.18. The third-order valence-corrected chi connectivity index (χ3v) is 7.91. The smallest absolute Gasteiger partial charge is 0.346 e. The number of ether oxygens (including phenoxy) is 5. The van der Waals surface area contributed by atoms with E-state index in [0.717, 1.165) is 33.8 Å². The van der Waals surface area contributed by atoms with E-state index in [1.165, 1.54) is 11.8 Å². The summed E-state index contributed by atoms with van der Waals surface area (Å²) in [6.45, 7) is 3.73. The van der Waals surface area contributed by atoms with Crippen LogP contribution in [0.25, 0.3) is 11.0 Å². The highest BCUT2D eigenvalue weighted by Crippen LogP contribution is 2.36. The molecule has 7 rings (SSSR count). The van der Waals surface area contributed by atoms with E-state index in [1.807, 2.05) is 12.1 Å². The Labute approximate surface area is 241 Å². The molecular weight excluding hydrogens is 542 g/mol. The molecule has 1 aromatic heterocycles. The van der Waals surface area contributed by atoms with Crippen molar-refractivity contribution in [2.75, 3.05) is 46.9 Å². The zero-order valence-corrected chi connectivity index (χ0v) is 23.0. The van der Waals surface area contributed by atoms with E-state index in [4.69, 9.17) is 23.7 Å². The number of esters is 1. The lowest BCUT2D eigenvalue weighted by Crippen LogP contribution is -2.51. The average Bonchev–Trinajstić information content (AvgIpc) is 3.48. The lowest BCUT2D eigenvalue weighted by molar-refractivity contribution is -0.0165. The van der Waals surface area contributed by atoms with Gasteiger partial charge in [0.05, 0.1) is 31.9 Å². The number of methoxy groups -OCH3 is 1. The highest BCUT2D eigenvalue weighted by molar-refractivity contribution is 5.95. The highest BCUT2D eigenvalue weighted by atomic mass is 16.7. The van der Waals surface area contributed by atoms with Crippen molar-refractivity contribution >= 4 is 23.0 Å². The topological polar surface area (TPSA) is 117 Å². The van der Waals surface area contributed by atoms with Crippen molar-refractivity contribution < 1.29 is 33.3 Å². The van der Waals surface area contributed by atoms with Crippen LogP contribution in [0.4, 0.5) is 4.79 Å². The van der Waals surface area contributed by atoms with Crippen LogP contribution in [0.2, 0.25) is 0 Å². The van der Waals surface area contributed by atoms with Crippen molar-refractivity contribution in [3.8, 4) is 11.5 Å². The van der Waals surface area contributed by atoms with Crippen LogP contribution in [0.15, 0.2) is 54.6 Å². The Morgan fingerprint density at radius 3 is 2.10 bits per heavy atom. The summed E-state index contributed by atoms with van der Waals surface area (Å²) in [7, 11) is 1.32. The molecule has 0 unspecified atom stereocenters. The molecule has 0 spiro atoms. The number of amides is 1. The quantitative estimate of drug-likeness (QED) is 0.338. The Morgan fingerprint density at radius 1 is 0.833 bits per heavy atom. The van der Waals surface area contributed by atoms with Crippen LogP contribution in [-0.2, 0) is 27.4 Å². The molecule has 3 aliphatic rings. The van der Waals surface area contributed by atoms with E-state index in [1.54, 1.807) is 23.1 Å². The van der Waals surface area contributed by atoms with Crippen LogP contribution in [0, 0.1) is 0 Å². The lowest BCUT2D eigenvalue weighted by Gasteiger charge is -2.40. The number of carbonyl (C=O) groups is 2. The molecule has 3 aromatic carbocycles.